The summed E-state index contributed by atoms with van der Waals surface area (Å²) in [4.78, 5) is 0. The van der Waals surface area contributed by atoms with Crippen molar-refractivity contribution < 1.29 is 9.50 Å². The molecule has 4 heteroatoms. The number of aryl methyl sites for hydroxylation is 1. The van der Waals surface area contributed by atoms with Crippen molar-refractivity contribution in [3.05, 3.63) is 69.4 Å². The highest BCUT2D eigenvalue weighted by Crippen LogP contribution is 2.32. The second-order valence-corrected chi connectivity index (χ2v) is 5.77. The first kappa shape index (κ1) is 15.2. The Labute approximate surface area is 126 Å². The average molecular weight is 338 g/mol. The van der Waals surface area contributed by atoms with E-state index in [1.165, 1.54) is 6.07 Å². The molecule has 0 amide bonds. The summed E-state index contributed by atoms with van der Waals surface area (Å²) in [7, 11) is 0. The molecule has 0 spiro atoms. The van der Waals surface area contributed by atoms with Crippen LogP contribution < -0.4 is 5.73 Å². The van der Waals surface area contributed by atoms with Crippen molar-refractivity contribution in [3.8, 4) is 0 Å². The first-order valence-corrected chi connectivity index (χ1v) is 7.22. The topological polar surface area (TPSA) is 46.2 Å². The highest BCUT2D eigenvalue weighted by Gasteiger charge is 2.22. The van der Waals surface area contributed by atoms with E-state index in [0.717, 1.165) is 10.0 Å². The van der Waals surface area contributed by atoms with Crippen LogP contribution in [0.3, 0.4) is 0 Å². The minimum absolute atomic E-state index is 0.225. The van der Waals surface area contributed by atoms with Gasteiger partial charge in [0.15, 0.2) is 0 Å². The minimum atomic E-state index is -0.756. The molecule has 0 aliphatic heterocycles. The zero-order valence-electron chi connectivity index (χ0n) is 11.2. The van der Waals surface area contributed by atoms with Crippen LogP contribution in [0.1, 0.15) is 28.7 Å². The standard InChI is InChI=1S/C16H17BrFNO/c1-10-7-12(5-6-15(10)18)16(20)14(9-19)11-3-2-4-13(17)8-11/h2-8,14,16,20H,9,19H2,1H3. The summed E-state index contributed by atoms with van der Waals surface area (Å²) in [6.45, 7) is 2.00. The number of nitrogens with two attached hydrogens (primary N) is 1. The van der Waals surface area contributed by atoms with Gasteiger partial charge in [0.1, 0.15) is 5.82 Å². The third kappa shape index (κ3) is 3.26. The van der Waals surface area contributed by atoms with Crippen LogP contribution in [0.4, 0.5) is 4.39 Å². The van der Waals surface area contributed by atoms with Gasteiger partial charge in [-0.15, -0.1) is 0 Å². The number of hydrogen-bond donors (Lipinski definition) is 2. The van der Waals surface area contributed by atoms with E-state index in [9.17, 15) is 9.50 Å². The number of rotatable bonds is 4. The molecule has 2 aromatic carbocycles. The second kappa shape index (κ2) is 6.48. The van der Waals surface area contributed by atoms with Crippen LogP contribution in [-0.4, -0.2) is 11.7 Å². The lowest BCUT2D eigenvalue weighted by Gasteiger charge is -2.23. The molecule has 0 aliphatic carbocycles. The van der Waals surface area contributed by atoms with Crippen LogP contribution in [0.25, 0.3) is 0 Å². The van der Waals surface area contributed by atoms with Gasteiger partial charge in [-0.1, -0.05) is 40.2 Å². The highest BCUT2D eigenvalue weighted by molar-refractivity contribution is 9.10. The summed E-state index contributed by atoms with van der Waals surface area (Å²) in [5, 5.41) is 10.5. The third-order valence-corrected chi connectivity index (χ3v) is 3.93. The second-order valence-electron chi connectivity index (χ2n) is 4.85. The molecule has 0 saturated heterocycles. The van der Waals surface area contributed by atoms with Crippen molar-refractivity contribution in [2.24, 2.45) is 5.73 Å². The van der Waals surface area contributed by atoms with Crippen molar-refractivity contribution in [1.82, 2.24) is 0 Å². The van der Waals surface area contributed by atoms with Gasteiger partial charge in [-0.3, -0.25) is 0 Å². The molecule has 2 rings (SSSR count). The Hall–Kier alpha value is -1.23. The van der Waals surface area contributed by atoms with Gasteiger partial charge in [0.2, 0.25) is 0 Å². The first-order valence-electron chi connectivity index (χ1n) is 6.42. The van der Waals surface area contributed by atoms with E-state index >= 15 is 0 Å². The van der Waals surface area contributed by atoms with Crippen LogP contribution in [0.15, 0.2) is 46.9 Å². The first-order chi connectivity index (χ1) is 9.52. The molecule has 0 saturated carbocycles. The molecule has 0 bridgehead atoms. The summed E-state index contributed by atoms with van der Waals surface area (Å²) >= 11 is 3.41. The summed E-state index contributed by atoms with van der Waals surface area (Å²) in [6.07, 6.45) is -0.756. The summed E-state index contributed by atoms with van der Waals surface area (Å²) < 4.78 is 14.2. The Bertz CT molecular complexity index is 603. The molecule has 2 nitrogen and oxygen atoms in total. The maximum atomic E-state index is 13.3. The summed E-state index contributed by atoms with van der Waals surface area (Å²) in [5.74, 6) is -0.495. The highest BCUT2D eigenvalue weighted by atomic mass is 79.9. The largest absolute Gasteiger partial charge is 0.388 e. The average Bonchev–Trinajstić information content (AvgIpc) is 2.42. The van der Waals surface area contributed by atoms with E-state index in [0.29, 0.717) is 17.7 Å². The molecule has 2 aromatic rings. The van der Waals surface area contributed by atoms with Crippen LogP contribution >= 0.6 is 15.9 Å². The quantitative estimate of drug-likeness (QED) is 0.893. The molecule has 2 atom stereocenters. The van der Waals surface area contributed by atoms with Crippen LogP contribution in [0.5, 0.6) is 0 Å². The van der Waals surface area contributed by atoms with Crippen molar-refractivity contribution in [2.75, 3.05) is 6.54 Å². The van der Waals surface area contributed by atoms with Crippen molar-refractivity contribution >= 4 is 15.9 Å². The van der Waals surface area contributed by atoms with Gasteiger partial charge < -0.3 is 10.8 Å². The van der Waals surface area contributed by atoms with Crippen molar-refractivity contribution in [2.45, 2.75) is 18.9 Å². The smallest absolute Gasteiger partial charge is 0.126 e. The molecular formula is C16H17BrFNO. The van der Waals surface area contributed by atoms with E-state index < -0.39 is 6.10 Å². The lowest BCUT2D eigenvalue weighted by Crippen LogP contribution is -2.20. The number of aliphatic hydroxyl groups is 1. The van der Waals surface area contributed by atoms with Gasteiger partial charge in [-0.25, -0.2) is 4.39 Å². The summed E-state index contributed by atoms with van der Waals surface area (Å²) in [5.41, 5.74) is 7.97. The van der Waals surface area contributed by atoms with Gasteiger partial charge in [0.25, 0.3) is 0 Å². The van der Waals surface area contributed by atoms with Gasteiger partial charge in [0.05, 0.1) is 6.10 Å². The predicted octanol–water partition coefficient (Wildman–Crippen LogP) is 3.67. The molecule has 106 valence electrons. The lowest BCUT2D eigenvalue weighted by molar-refractivity contribution is 0.147. The SMILES string of the molecule is Cc1cc(C(O)C(CN)c2cccc(Br)c2)ccc1F. The Morgan fingerprint density at radius 3 is 2.55 bits per heavy atom. The molecule has 0 radical (unpaired) electrons. The maximum absolute atomic E-state index is 13.3. The monoisotopic (exact) mass is 337 g/mol. The van der Waals surface area contributed by atoms with Crippen molar-refractivity contribution in [1.29, 1.82) is 0 Å². The zero-order chi connectivity index (χ0) is 14.7. The van der Waals surface area contributed by atoms with E-state index in [1.807, 2.05) is 24.3 Å². The normalized spacial score (nSPS) is 14.1. The fourth-order valence-electron chi connectivity index (χ4n) is 2.27. The molecule has 20 heavy (non-hydrogen) atoms. The van der Waals surface area contributed by atoms with Crippen molar-refractivity contribution in [3.63, 3.8) is 0 Å². The van der Waals surface area contributed by atoms with Crippen LogP contribution in [0, 0.1) is 12.7 Å². The van der Waals surface area contributed by atoms with Gasteiger partial charge in [-0.05, 0) is 41.8 Å². The number of aliphatic hydroxyl groups excluding tert-OH is 1. The maximum Gasteiger partial charge on any atom is 0.126 e. The molecule has 0 aliphatic rings. The molecular weight excluding hydrogens is 321 g/mol. The molecule has 3 N–H and O–H groups in total. The zero-order valence-corrected chi connectivity index (χ0v) is 12.8. The molecule has 0 heterocycles. The summed E-state index contributed by atoms with van der Waals surface area (Å²) in [6, 6.07) is 12.4. The van der Waals surface area contributed by atoms with Crippen LogP contribution in [0.2, 0.25) is 0 Å². The Morgan fingerprint density at radius 2 is 1.95 bits per heavy atom. The van der Waals surface area contributed by atoms with Gasteiger partial charge >= 0.3 is 0 Å². The van der Waals surface area contributed by atoms with Gasteiger partial charge in [0, 0.05) is 16.9 Å². The number of benzene rings is 2. The van der Waals surface area contributed by atoms with E-state index in [2.05, 4.69) is 15.9 Å². The van der Waals surface area contributed by atoms with E-state index in [-0.39, 0.29) is 11.7 Å². The molecule has 0 fully saturated rings. The Morgan fingerprint density at radius 1 is 1.20 bits per heavy atom. The Kier molecular flexibility index (Phi) is 4.91. The van der Waals surface area contributed by atoms with E-state index in [1.54, 1.807) is 19.1 Å². The Balaban J connectivity index is 2.33. The lowest BCUT2D eigenvalue weighted by atomic mass is 9.89. The fraction of sp³-hybridized carbons (Fsp3) is 0.250. The fourth-order valence-corrected chi connectivity index (χ4v) is 2.69. The molecule has 2 unspecified atom stereocenters. The third-order valence-electron chi connectivity index (χ3n) is 3.44. The molecule has 0 aromatic heterocycles. The van der Waals surface area contributed by atoms with Gasteiger partial charge in [-0.2, -0.15) is 0 Å². The number of halogens is 2. The predicted molar refractivity (Wildman–Crippen MR) is 82.0 cm³/mol. The number of hydrogen-bond acceptors (Lipinski definition) is 2. The van der Waals surface area contributed by atoms with E-state index in [4.69, 9.17) is 5.73 Å². The minimum Gasteiger partial charge on any atom is -0.388 e. The van der Waals surface area contributed by atoms with Crippen LogP contribution in [-0.2, 0) is 0 Å².